The summed E-state index contributed by atoms with van der Waals surface area (Å²) >= 11 is 0. The molecule has 3 aromatic carbocycles. The third-order valence-electron chi connectivity index (χ3n) is 4.05. The van der Waals surface area contributed by atoms with E-state index < -0.39 is 0 Å². The van der Waals surface area contributed by atoms with E-state index in [1.165, 1.54) is 11.1 Å². The van der Waals surface area contributed by atoms with Crippen molar-refractivity contribution in [2.75, 3.05) is 11.7 Å². The van der Waals surface area contributed by atoms with Gasteiger partial charge in [0.05, 0.1) is 12.3 Å². The van der Waals surface area contributed by atoms with Gasteiger partial charge >= 0.3 is 0 Å². The number of hydrogen-bond acceptors (Lipinski definition) is 3. The number of hydroxylamine groups is 1. The summed E-state index contributed by atoms with van der Waals surface area (Å²) in [6, 6.07) is 27.7. The van der Waals surface area contributed by atoms with Gasteiger partial charge in [-0.25, -0.2) is 0 Å². The number of amides is 1. The van der Waals surface area contributed by atoms with Crippen molar-refractivity contribution < 1.29 is 14.4 Å². The van der Waals surface area contributed by atoms with Gasteiger partial charge in [0.15, 0.2) is 5.78 Å². The Balaban J connectivity index is 1.66. The number of benzene rings is 3. The monoisotopic (exact) mass is 371 g/mol. The summed E-state index contributed by atoms with van der Waals surface area (Å²) in [5, 5.41) is 1.22. The molecule has 0 atom stereocenters. The minimum Gasteiger partial charge on any atom is -0.294 e. The molecule has 0 unspecified atom stereocenters. The van der Waals surface area contributed by atoms with Gasteiger partial charge in [-0.2, -0.15) is 5.06 Å². The molecule has 0 bridgehead atoms. The zero-order valence-corrected chi connectivity index (χ0v) is 15.4. The lowest BCUT2D eigenvalue weighted by atomic mass is 10.1. The first kappa shape index (κ1) is 19.3. The van der Waals surface area contributed by atoms with Gasteiger partial charge in [0.1, 0.15) is 0 Å². The maximum absolute atomic E-state index is 12.7. The standard InChI is InChI=1S/C24H21NO3/c26-23(21-12-6-2-7-13-21)18-19-28-25(22-14-8-3-9-15-22)24(27)17-16-20-10-4-1-5-11-20/h1-17H,18-19H2/b17-16+. The van der Waals surface area contributed by atoms with E-state index in [1.807, 2.05) is 66.7 Å². The predicted octanol–water partition coefficient (Wildman–Crippen LogP) is 4.94. The van der Waals surface area contributed by atoms with Crippen LogP contribution in [0.1, 0.15) is 22.3 Å². The zero-order valence-electron chi connectivity index (χ0n) is 15.4. The Morgan fingerprint density at radius 3 is 2.00 bits per heavy atom. The minimum atomic E-state index is -0.317. The Morgan fingerprint density at radius 2 is 1.36 bits per heavy atom. The highest BCUT2D eigenvalue weighted by Gasteiger charge is 2.15. The molecule has 140 valence electrons. The van der Waals surface area contributed by atoms with Crippen molar-refractivity contribution in [1.29, 1.82) is 0 Å². The van der Waals surface area contributed by atoms with Crippen molar-refractivity contribution >= 4 is 23.5 Å². The lowest BCUT2D eigenvalue weighted by Crippen LogP contribution is -2.30. The van der Waals surface area contributed by atoms with Crippen LogP contribution in [0.15, 0.2) is 97.1 Å². The molecule has 0 fully saturated rings. The summed E-state index contributed by atoms with van der Waals surface area (Å²) in [4.78, 5) is 30.6. The average molecular weight is 371 g/mol. The number of nitrogens with zero attached hydrogens (tertiary/aromatic N) is 1. The molecule has 0 aliphatic rings. The first-order valence-electron chi connectivity index (χ1n) is 9.07. The molecule has 4 nitrogen and oxygen atoms in total. The Kier molecular flexibility index (Phi) is 6.88. The molecule has 1 amide bonds. The molecule has 0 saturated carbocycles. The predicted molar refractivity (Wildman–Crippen MR) is 111 cm³/mol. The highest BCUT2D eigenvalue weighted by Crippen LogP contribution is 2.16. The van der Waals surface area contributed by atoms with Crippen LogP contribution in [0.2, 0.25) is 0 Å². The molecule has 4 heteroatoms. The minimum absolute atomic E-state index is 0.0270. The average Bonchev–Trinajstić information content (AvgIpc) is 2.77. The third-order valence-corrected chi connectivity index (χ3v) is 4.05. The van der Waals surface area contributed by atoms with E-state index in [9.17, 15) is 9.59 Å². The highest BCUT2D eigenvalue weighted by atomic mass is 16.7. The van der Waals surface area contributed by atoms with E-state index in [2.05, 4.69) is 0 Å². The summed E-state index contributed by atoms with van der Waals surface area (Å²) in [5.41, 5.74) is 2.16. The number of Topliss-reactive ketones (excluding diaryl/α,β-unsaturated/α-hetero) is 1. The van der Waals surface area contributed by atoms with E-state index >= 15 is 0 Å². The molecule has 0 radical (unpaired) electrons. The maximum atomic E-state index is 12.7. The molecule has 0 spiro atoms. The van der Waals surface area contributed by atoms with Crippen LogP contribution in [0.4, 0.5) is 5.69 Å². The molecule has 28 heavy (non-hydrogen) atoms. The van der Waals surface area contributed by atoms with Gasteiger partial charge in [-0.3, -0.25) is 14.4 Å². The fraction of sp³-hybridized carbons (Fsp3) is 0.0833. The molecule has 0 saturated heterocycles. The highest BCUT2D eigenvalue weighted by molar-refractivity contribution is 6.02. The Morgan fingerprint density at radius 1 is 0.786 bits per heavy atom. The smallest absolute Gasteiger partial charge is 0.274 e. The lowest BCUT2D eigenvalue weighted by Gasteiger charge is -2.20. The van der Waals surface area contributed by atoms with Crippen LogP contribution in [-0.2, 0) is 9.63 Å². The quantitative estimate of drug-likeness (QED) is 0.320. The van der Waals surface area contributed by atoms with Crippen molar-refractivity contribution in [1.82, 2.24) is 0 Å². The Bertz CT molecular complexity index is 922. The lowest BCUT2D eigenvalue weighted by molar-refractivity contribution is -0.121. The van der Waals surface area contributed by atoms with E-state index in [0.717, 1.165) is 5.56 Å². The second-order valence-electron chi connectivity index (χ2n) is 6.08. The molecule has 0 aromatic heterocycles. The normalized spacial score (nSPS) is 10.7. The summed E-state index contributed by atoms with van der Waals surface area (Å²) in [6.07, 6.45) is 3.38. The SMILES string of the molecule is O=C(CCON(C(=O)/C=C/c1ccccc1)c1ccccc1)c1ccccc1. The topological polar surface area (TPSA) is 46.6 Å². The molecule has 0 heterocycles. The summed E-state index contributed by atoms with van der Waals surface area (Å²) in [6.45, 7) is 0.105. The zero-order chi connectivity index (χ0) is 19.6. The van der Waals surface area contributed by atoms with Crippen LogP contribution >= 0.6 is 0 Å². The molecular weight excluding hydrogens is 350 g/mol. The summed E-state index contributed by atoms with van der Waals surface area (Å²) in [7, 11) is 0. The van der Waals surface area contributed by atoms with Gasteiger partial charge in [0.2, 0.25) is 0 Å². The van der Waals surface area contributed by atoms with Crippen LogP contribution in [-0.4, -0.2) is 18.3 Å². The van der Waals surface area contributed by atoms with Crippen molar-refractivity contribution in [3.8, 4) is 0 Å². The number of carbonyl (C=O) groups excluding carboxylic acids is 2. The molecular formula is C24H21NO3. The fourth-order valence-electron chi connectivity index (χ4n) is 2.63. The molecule has 0 aliphatic carbocycles. The number of rotatable bonds is 8. The van der Waals surface area contributed by atoms with E-state index in [4.69, 9.17) is 4.84 Å². The van der Waals surface area contributed by atoms with E-state index in [0.29, 0.717) is 11.3 Å². The second-order valence-corrected chi connectivity index (χ2v) is 6.08. The fourth-order valence-corrected chi connectivity index (χ4v) is 2.63. The van der Waals surface area contributed by atoms with Gasteiger partial charge in [0, 0.05) is 18.1 Å². The van der Waals surface area contributed by atoms with Gasteiger partial charge in [-0.1, -0.05) is 78.9 Å². The maximum Gasteiger partial charge on any atom is 0.274 e. The van der Waals surface area contributed by atoms with Gasteiger partial charge in [-0.05, 0) is 23.8 Å². The molecule has 3 aromatic rings. The summed E-state index contributed by atoms with van der Waals surface area (Å²) in [5.74, 6) is -0.344. The Hall–Kier alpha value is -3.50. The van der Waals surface area contributed by atoms with E-state index in [-0.39, 0.29) is 24.7 Å². The van der Waals surface area contributed by atoms with Crippen LogP contribution in [0.3, 0.4) is 0 Å². The van der Waals surface area contributed by atoms with Crippen LogP contribution in [0, 0.1) is 0 Å². The van der Waals surface area contributed by atoms with Crippen LogP contribution < -0.4 is 5.06 Å². The van der Waals surface area contributed by atoms with Crippen molar-refractivity contribution in [3.63, 3.8) is 0 Å². The van der Waals surface area contributed by atoms with Crippen molar-refractivity contribution in [2.24, 2.45) is 0 Å². The number of para-hydroxylation sites is 1. The molecule has 3 rings (SSSR count). The van der Waals surface area contributed by atoms with Gasteiger partial charge in [-0.15, -0.1) is 0 Å². The van der Waals surface area contributed by atoms with Crippen molar-refractivity contribution in [2.45, 2.75) is 6.42 Å². The van der Waals surface area contributed by atoms with Gasteiger partial charge in [0.25, 0.3) is 5.91 Å². The van der Waals surface area contributed by atoms with E-state index in [1.54, 1.807) is 30.3 Å². The third kappa shape index (κ3) is 5.50. The van der Waals surface area contributed by atoms with Crippen molar-refractivity contribution in [3.05, 3.63) is 108 Å². The largest absolute Gasteiger partial charge is 0.294 e. The second kappa shape index (κ2) is 10.00. The molecule has 0 aliphatic heterocycles. The van der Waals surface area contributed by atoms with Gasteiger partial charge < -0.3 is 0 Å². The first-order valence-corrected chi connectivity index (χ1v) is 9.07. The van der Waals surface area contributed by atoms with Crippen LogP contribution in [0.5, 0.6) is 0 Å². The first-order chi connectivity index (χ1) is 13.7. The number of ketones is 1. The number of anilines is 1. The number of carbonyl (C=O) groups is 2. The number of hydrogen-bond donors (Lipinski definition) is 0. The summed E-state index contributed by atoms with van der Waals surface area (Å²) < 4.78 is 0. The Labute approximate surface area is 164 Å². The van der Waals surface area contributed by atoms with Crippen LogP contribution in [0.25, 0.3) is 6.08 Å². The molecule has 0 N–H and O–H groups in total.